The van der Waals surface area contributed by atoms with E-state index in [9.17, 15) is 0 Å². The molecule has 0 amide bonds. The first-order chi connectivity index (χ1) is 6.42. The molecule has 2 unspecified atom stereocenters. The van der Waals surface area contributed by atoms with Gasteiger partial charge in [-0.2, -0.15) is 0 Å². The van der Waals surface area contributed by atoms with E-state index < -0.39 is 0 Å². The number of nitrogens with two attached hydrogens (primary N) is 1. The number of hydrogen-bond acceptors (Lipinski definition) is 2. The molecule has 1 fully saturated rings. The summed E-state index contributed by atoms with van der Waals surface area (Å²) in [4.78, 5) is 2.61. The zero-order valence-corrected chi connectivity index (χ0v) is 10.2. The maximum Gasteiger partial charge on any atom is 0.00673 e. The molecule has 0 radical (unpaired) electrons. The molecule has 1 aliphatic heterocycles. The summed E-state index contributed by atoms with van der Waals surface area (Å²) < 4.78 is 0. The molecule has 1 aliphatic rings. The summed E-state index contributed by atoms with van der Waals surface area (Å²) in [5.74, 6) is 0.730. The number of nitrogens with zero attached hydrogens (tertiary/aromatic N) is 1. The van der Waals surface area contributed by atoms with E-state index in [1.807, 2.05) is 0 Å². The lowest BCUT2D eigenvalue weighted by atomic mass is 9.89. The first-order valence-corrected chi connectivity index (χ1v) is 5.86. The molecule has 0 aliphatic carbocycles. The van der Waals surface area contributed by atoms with Crippen LogP contribution in [-0.4, -0.2) is 30.6 Å². The van der Waals surface area contributed by atoms with Gasteiger partial charge < -0.3 is 5.73 Å². The number of rotatable bonds is 2. The van der Waals surface area contributed by atoms with Gasteiger partial charge in [0, 0.05) is 19.1 Å². The lowest BCUT2D eigenvalue weighted by Gasteiger charge is -2.41. The van der Waals surface area contributed by atoms with Crippen molar-refractivity contribution in [2.75, 3.05) is 19.6 Å². The van der Waals surface area contributed by atoms with Crippen LogP contribution in [0.5, 0.6) is 0 Å². The quantitative estimate of drug-likeness (QED) is 0.736. The normalized spacial score (nSPS) is 30.6. The van der Waals surface area contributed by atoms with Crippen LogP contribution in [0.4, 0.5) is 0 Å². The van der Waals surface area contributed by atoms with Crippen LogP contribution in [0.3, 0.4) is 0 Å². The van der Waals surface area contributed by atoms with E-state index in [1.54, 1.807) is 0 Å². The molecule has 1 heterocycles. The fourth-order valence-corrected chi connectivity index (χ4v) is 2.28. The molecule has 0 saturated carbocycles. The smallest absolute Gasteiger partial charge is 0.00673 e. The molecule has 0 aromatic heterocycles. The van der Waals surface area contributed by atoms with Crippen LogP contribution in [0.15, 0.2) is 0 Å². The molecule has 0 bridgehead atoms. The summed E-state index contributed by atoms with van der Waals surface area (Å²) in [6, 6.07) is 0.747. The molecule has 0 aromatic rings. The Morgan fingerprint density at radius 2 is 1.93 bits per heavy atom. The molecule has 84 valence electrons. The Balaban J connectivity index is 2.48. The molecular weight excluding hydrogens is 172 g/mol. The van der Waals surface area contributed by atoms with Gasteiger partial charge in [-0.25, -0.2) is 0 Å². The Kier molecular flexibility index (Phi) is 3.96. The minimum atomic E-state index is 0.407. The fourth-order valence-electron chi connectivity index (χ4n) is 2.28. The maximum absolute atomic E-state index is 5.75. The van der Waals surface area contributed by atoms with E-state index in [1.165, 1.54) is 25.9 Å². The molecule has 0 aromatic carbocycles. The van der Waals surface area contributed by atoms with Crippen molar-refractivity contribution in [3.63, 3.8) is 0 Å². The molecule has 0 spiro atoms. The molecule has 2 nitrogen and oxygen atoms in total. The molecule has 2 N–H and O–H groups in total. The average molecular weight is 198 g/mol. The Morgan fingerprint density at radius 3 is 2.43 bits per heavy atom. The standard InChI is InChI=1S/C12H26N2/c1-10-5-6-11(7-13)8-14(10)9-12(2,3)4/h10-11H,5-9,13H2,1-4H3. The number of piperidine rings is 1. The number of likely N-dealkylation sites (tertiary alicyclic amines) is 1. The van der Waals surface area contributed by atoms with Crippen molar-refractivity contribution >= 4 is 0 Å². The Bertz CT molecular complexity index is 172. The van der Waals surface area contributed by atoms with Crippen LogP contribution in [0.2, 0.25) is 0 Å². The third-order valence-electron chi connectivity index (χ3n) is 3.12. The van der Waals surface area contributed by atoms with Gasteiger partial charge in [0.1, 0.15) is 0 Å². The Morgan fingerprint density at radius 1 is 1.29 bits per heavy atom. The van der Waals surface area contributed by atoms with E-state index in [2.05, 4.69) is 32.6 Å². The monoisotopic (exact) mass is 198 g/mol. The summed E-state index contributed by atoms with van der Waals surface area (Å²) in [5.41, 5.74) is 6.16. The van der Waals surface area contributed by atoms with Crippen LogP contribution in [0.1, 0.15) is 40.5 Å². The highest BCUT2D eigenvalue weighted by Crippen LogP contribution is 2.25. The molecule has 2 atom stereocenters. The van der Waals surface area contributed by atoms with E-state index in [-0.39, 0.29) is 0 Å². The highest BCUT2D eigenvalue weighted by molar-refractivity contribution is 4.82. The lowest BCUT2D eigenvalue weighted by molar-refractivity contribution is 0.0834. The zero-order chi connectivity index (χ0) is 10.8. The largest absolute Gasteiger partial charge is 0.330 e. The minimum Gasteiger partial charge on any atom is -0.330 e. The third kappa shape index (κ3) is 3.58. The second kappa shape index (κ2) is 4.63. The van der Waals surface area contributed by atoms with Crippen molar-refractivity contribution in [3.05, 3.63) is 0 Å². The summed E-state index contributed by atoms with van der Waals surface area (Å²) in [7, 11) is 0. The zero-order valence-electron chi connectivity index (χ0n) is 10.2. The van der Waals surface area contributed by atoms with Crippen molar-refractivity contribution in [3.8, 4) is 0 Å². The van der Waals surface area contributed by atoms with Gasteiger partial charge in [-0.1, -0.05) is 20.8 Å². The van der Waals surface area contributed by atoms with Gasteiger partial charge in [0.25, 0.3) is 0 Å². The van der Waals surface area contributed by atoms with E-state index >= 15 is 0 Å². The van der Waals surface area contributed by atoms with Crippen LogP contribution in [0, 0.1) is 11.3 Å². The Hall–Kier alpha value is -0.0800. The third-order valence-corrected chi connectivity index (χ3v) is 3.12. The maximum atomic E-state index is 5.75. The first-order valence-electron chi connectivity index (χ1n) is 5.86. The van der Waals surface area contributed by atoms with Crippen molar-refractivity contribution in [1.29, 1.82) is 0 Å². The van der Waals surface area contributed by atoms with Crippen LogP contribution >= 0.6 is 0 Å². The lowest BCUT2D eigenvalue weighted by Crippen LogP contribution is -2.47. The van der Waals surface area contributed by atoms with E-state index in [4.69, 9.17) is 5.73 Å². The highest BCUT2D eigenvalue weighted by Gasteiger charge is 2.27. The summed E-state index contributed by atoms with van der Waals surface area (Å²) in [6.07, 6.45) is 2.64. The molecule has 14 heavy (non-hydrogen) atoms. The van der Waals surface area contributed by atoms with Crippen LogP contribution < -0.4 is 5.73 Å². The predicted octanol–water partition coefficient (Wildman–Crippen LogP) is 2.09. The average Bonchev–Trinajstić information content (AvgIpc) is 2.06. The predicted molar refractivity (Wildman–Crippen MR) is 62.3 cm³/mol. The van der Waals surface area contributed by atoms with Crippen LogP contribution in [0.25, 0.3) is 0 Å². The van der Waals surface area contributed by atoms with Crippen molar-refractivity contribution in [2.24, 2.45) is 17.1 Å². The van der Waals surface area contributed by atoms with Gasteiger partial charge in [0.05, 0.1) is 0 Å². The topological polar surface area (TPSA) is 29.3 Å². The summed E-state index contributed by atoms with van der Waals surface area (Å²) >= 11 is 0. The van der Waals surface area contributed by atoms with Gasteiger partial charge in [-0.3, -0.25) is 4.90 Å². The second-order valence-electron chi connectivity index (χ2n) is 6.02. The SMILES string of the molecule is CC1CCC(CN)CN1CC(C)(C)C. The van der Waals surface area contributed by atoms with Crippen molar-refractivity contribution in [2.45, 2.75) is 46.6 Å². The molecule has 1 saturated heterocycles. The summed E-state index contributed by atoms with van der Waals surface area (Å²) in [5, 5.41) is 0. The van der Waals surface area contributed by atoms with Crippen LogP contribution in [-0.2, 0) is 0 Å². The fraction of sp³-hybridized carbons (Fsp3) is 1.00. The van der Waals surface area contributed by atoms with Gasteiger partial charge in [-0.05, 0) is 37.6 Å². The van der Waals surface area contributed by atoms with Gasteiger partial charge in [-0.15, -0.1) is 0 Å². The van der Waals surface area contributed by atoms with Crippen molar-refractivity contribution < 1.29 is 0 Å². The van der Waals surface area contributed by atoms with E-state index in [0.29, 0.717) is 5.41 Å². The highest BCUT2D eigenvalue weighted by atomic mass is 15.2. The first kappa shape index (κ1) is 12.0. The van der Waals surface area contributed by atoms with E-state index in [0.717, 1.165) is 18.5 Å². The second-order valence-corrected chi connectivity index (χ2v) is 6.02. The molecular formula is C12H26N2. The minimum absolute atomic E-state index is 0.407. The number of hydrogen-bond donors (Lipinski definition) is 1. The summed E-state index contributed by atoms with van der Waals surface area (Å²) in [6.45, 7) is 12.5. The van der Waals surface area contributed by atoms with Crippen molar-refractivity contribution in [1.82, 2.24) is 4.90 Å². The van der Waals surface area contributed by atoms with Gasteiger partial charge in [0.2, 0.25) is 0 Å². The molecule has 2 heteroatoms. The Labute approximate surface area is 88.8 Å². The van der Waals surface area contributed by atoms with Gasteiger partial charge in [0.15, 0.2) is 0 Å². The molecule has 1 rings (SSSR count). The van der Waals surface area contributed by atoms with Gasteiger partial charge >= 0.3 is 0 Å².